The van der Waals surface area contributed by atoms with Gasteiger partial charge < -0.3 is 15.4 Å². The van der Waals surface area contributed by atoms with Gasteiger partial charge in [0.1, 0.15) is 0 Å². The highest BCUT2D eigenvalue weighted by atomic mass is 127. The van der Waals surface area contributed by atoms with Crippen molar-refractivity contribution < 1.29 is 4.74 Å². The maximum atomic E-state index is 5.46. The topological polar surface area (TPSA) is 48.9 Å². The first-order valence-corrected chi connectivity index (χ1v) is 8.95. The molecule has 2 N–H and O–H groups in total. The Kier molecular flexibility index (Phi) is 7.51. The fourth-order valence-corrected chi connectivity index (χ4v) is 3.37. The number of hydrogen-bond donors (Lipinski definition) is 2. The molecule has 0 bridgehead atoms. The molecule has 1 saturated heterocycles. The average molecular weight is 458 g/mol. The van der Waals surface area contributed by atoms with Crippen molar-refractivity contribution in [2.45, 2.75) is 37.8 Å². The summed E-state index contributed by atoms with van der Waals surface area (Å²) in [5.74, 6) is 1.51. The zero-order valence-electron chi connectivity index (χ0n) is 15.5. The summed E-state index contributed by atoms with van der Waals surface area (Å²) >= 11 is 0. The van der Waals surface area contributed by atoms with Crippen LogP contribution in [0.3, 0.4) is 0 Å². The SMILES string of the molecule is CN=C(NCC(C)(C)N1CCOCC1)NC1CC1c1ccccc1.I. The minimum atomic E-state index is 0. The molecule has 3 rings (SSSR count). The lowest BCUT2D eigenvalue weighted by molar-refractivity contribution is -0.00834. The van der Waals surface area contributed by atoms with E-state index in [0.717, 1.165) is 38.8 Å². The van der Waals surface area contributed by atoms with E-state index in [4.69, 9.17) is 4.74 Å². The lowest BCUT2D eigenvalue weighted by Gasteiger charge is -2.41. The largest absolute Gasteiger partial charge is 0.379 e. The van der Waals surface area contributed by atoms with Gasteiger partial charge in [0.2, 0.25) is 0 Å². The maximum Gasteiger partial charge on any atom is 0.191 e. The molecule has 2 unspecified atom stereocenters. The molecule has 0 amide bonds. The number of guanidine groups is 1. The van der Waals surface area contributed by atoms with Crippen molar-refractivity contribution in [1.29, 1.82) is 0 Å². The minimum Gasteiger partial charge on any atom is -0.379 e. The normalized spacial score (nSPS) is 24.4. The Morgan fingerprint density at radius 2 is 1.92 bits per heavy atom. The summed E-state index contributed by atoms with van der Waals surface area (Å²) in [6.45, 7) is 9.09. The van der Waals surface area contributed by atoms with Crippen LogP contribution in [0.2, 0.25) is 0 Å². The van der Waals surface area contributed by atoms with Crippen molar-refractivity contribution in [3.63, 3.8) is 0 Å². The first-order chi connectivity index (χ1) is 11.6. The van der Waals surface area contributed by atoms with Crippen molar-refractivity contribution in [3.8, 4) is 0 Å². The standard InChI is InChI=1S/C19H30N4O.HI/c1-19(2,23-9-11-24-12-10-23)14-21-18(20-3)22-17-13-16(17)15-7-5-4-6-8-15;/h4-8,16-17H,9-14H2,1-3H3,(H2,20,21,22);1H. The first kappa shape index (κ1) is 20.5. The van der Waals surface area contributed by atoms with E-state index < -0.39 is 0 Å². The second-order valence-corrected chi connectivity index (χ2v) is 7.34. The smallest absolute Gasteiger partial charge is 0.191 e. The van der Waals surface area contributed by atoms with E-state index in [9.17, 15) is 0 Å². The molecule has 0 aromatic heterocycles. The van der Waals surface area contributed by atoms with E-state index in [1.165, 1.54) is 12.0 Å². The Labute approximate surface area is 168 Å². The van der Waals surface area contributed by atoms with E-state index in [1.54, 1.807) is 0 Å². The zero-order valence-corrected chi connectivity index (χ0v) is 17.8. The molecule has 1 aromatic rings. The molecule has 0 spiro atoms. The van der Waals surface area contributed by atoms with Crippen LogP contribution in [-0.2, 0) is 4.74 Å². The molecule has 1 aliphatic carbocycles. The summed E-state index contributed by atoms with van der Waals surface area (Å²) in [6, 6.07) is 11.2. The van der Waals surface area contributed by atoms with Crippen LogP contribution in [0.4, 0.5) is 0 Å². The molecule has 25 heavy (non-hydrogen) atoms. The van der Waals surface area contributed by atoms with Crippen LogP contribution in [0.25, 0.3) is 0 Å². The highest BCUT2D eigenvalue weighted by Gasteiger charge is 2.39. The molecule has 1 aliphatic heterocycles. The van der Waals surface area contributed by atoms with Crippen molar-refractivity contribution in [3.05, 3.63) is 35.9 Å². The first-order valence-electron chi connectivity index (χ1n) is 8.95. The molecule has 2 fully saturated rings. The predicted molar refractivity (Wildman–Crippen MR) is 114 cm³/mol. The molecule has 5 nitrogen and oxygen atoms in total. The van der Waals surface area contributed by atoms with E-state index in [2.05, 4.69) is 64.7 Å². The average Bonchev–Trinajstić information content (AvgIpc) is 3.39. The fourth-order valence-electron chi connectivity index (χ4n) is 3.37. The van der Waals surface area contributed by atoms with Crippen molar-refractivity contribution in [1.82, 2.24) is 15.5 Å². The molecule has 0 radical (unpaired) electrons. The molecule has 1 aromatic carbocycles. The maximum absolute atomic E-state index is 5.46. The molecule has 140 valence electrons. The van der Waals surface area contributed by atoms with Gasteiger partial charge in [-0.05, 0) is 25.8 Å². The number of nitrogens with zero attached hydrogens (tertiary/aromatic N) is 2. The summed E-state index contributed by atoms with van der Waals surface area (Å²) in [5.41, 5.74) is 1.50. The molecule has 1 saturated carbocycles. The van der Waals surface area contributed by atoms with Crippen LogP contribution >= 0.6 is 24.0 Å². The van der Waals surface area contributed by atoms with E-state index >= 15 is 0 Å². The van der Waals surface area contributed by atoms with Crippen LogP contribution in [0.1, 0.15) is 31.7 Å². The van der Waals surface area contributed by atoms with Gasteiger partial charge >= 0.3 is 0 Å². The lowest BCUT2D eigenvalue weighted by atomic mass is 10.0. The monoisotopic (exact) mass is 458 g/mol. The van der Waals surface area contributed by atoms with Crippen LogP contribution in [0, 0.1) is 0 Å². The van der Waals surface area contributed by atoms with Crippen LogP contribution in [-0.4, -0.2) is 62.3 Å². The van der Waals surface area contributed by atoms with Crippen molar-refractivity contribution >= 4 is 29.9 Å². The number of rotatable bonds is 5. The van der Waals surface area contributed by atoms with Gasteiger partial charge in [0, 0.05) is 44.2 Å². The van der Waals surface area contributed by atoms with E-state index in [1.807, 2.05) is 7.05 Å². The summed E-state index contributed by atoms with van der Waals surface area (Å²) in [6.07, 6.45) is 1.18. The van der Waals surface area contributed by atoms with Gasteiger partial charge in [-0.25, -0.2) is 0 Å². The fraction of sp³-hybridized carbons (Fsp3) is 0.632. The zero-order chi connectivity index (χ0) is 17.0. The number of benzene rings is 1. The quantitative estimate of drug-likeness (QED) is 0.405. The molecular formula is C19H31IN4O. The molecule has 2 aliphatic rings. The number of nitrogens with one attached hydrogen (secondary N) is 2. The number of morpholine rings is 1. The van der Waals surface area contributed by atoms with Gasteiger partial charge in [-0.15, -0.1) is 24.0 Å². The predicted octanol–water partition coefficient (Wildman–Crippen LogP) is 2.44. The van der Waals surface area contributed by atoms with Gasteiger partial charge in [0.15, 0.2) is 5.96 Å². The molecule has 2 atom stereocenters. The van der Waals surface area contributed by atoms with Crippen molar-refractivity contribution in [2.75, 3.05) is 39.9 Å². The third-order valence-electron chi connectivity index (χ3n) is 5.12. The summed E-state index contributed by atoms with van der Waals surface area (Å²) in [7, 11) is 1.84. The van der Waals surface area contributed by atoms with Crippen LogP contribution in [0.15, 0.2) is 35.3 Å². The Bertz CT molecular complexity index is 558. The number of aliphatic imine (C=N–C) groups is 1. The van der Waals surface area contributed by atoms with Gasteiger partial charge in [0.25, 0.3) is 0 Å². The van der Waals surface area contributed by atoms with Gasteiger partial charge in [-0.1, -0.05) is 30.3 Å². The highest BCUT2D eigenvalue weighted by Crippen LogP contribution is 2.40. The van der Waals surface area contributed by atoms with Crippen molar-refractivity contribution in [2.24, 2.45) is 4.99 Å². The Morgan fingerprint density at radius 3 is 2.56 bits per heavy atom. The number of halogens is 1. The Balaban J connectivity index is 0.00000225. The lowest BCUT2D eigenvalue weighted by Crippen LogP contribution is -2.56. The molecule has 1 heterocycles. The second-order valence-electron chi connectivity index (χ2n) is 7.34. The summed E-state index contributed by atoms with van der Waals surface area (Å²) < 4.78 is 5.46. The third-order valence-corrected chi connectivity index (χ3v) is 5.12. The highest BCUT2D eigenvalue weighted by molar-refractivity contribution is 14.0. The van der Waals surface area contributed by atoms with E-state index in [0.29, 0.717) is 12.0 Å². The van der Waals surface area contributed by atoms with Crippen LogP contribution in [0.5, 0.6) is 0 Å². The number of hydrogen-bond acceptors (Lipinski definition) is 3. The van der Waals surface area contributed by atoms with Gasteiger partial charge in [-0.3, -0.25) is 9.89 Å². The number of ether oxygens (including phenoxy) is 1. The third kappa shape index (κ3) is 5.56. The second kappa shape index (κ2) is 9.19. The summed E-state index contributed by atoms with van der Waals surface area (Å²) in [4.78, 5) is 6.88. The van der Waals surface area contributed by atoms with Gasteiger partial charge in [-0.2, -0.15) is 0 Å². The Morgan fingerprint density at radius 1 is 1.24 bits per heavy atom. The van der Waals surface area contributed by atoms with Crippen LogP contribution < -0.4 is 10.6 Å². The molecule has 6 heteroatoms. The van der Waals surface area contributed by atoms with E-state index in [-0.39, 0.29) is 29.5 Å². The summed E-state index contributed by atoms with van der Waals surface area (Å²) in [5, 5.41) is 7.07. The Hall–Kier alpha value is -0.860. The van der Waals surface area contributed by atoms with Gasteiger partial charge in [0.05, 0.1) is 13.2 Å². The molecular weight excluding hydrogens is 427 g/mol. The minimum absolute atomic E-state index is 0.